The Hall–Kier alpha value is -0.550. The van der Waals surface area contributed by atoms with Crippen molar-refractivity contribution in [3.63, 3.8) is 0 Å². The second-order valence-electron chi connectivity index (χ2n) is 4.64. The lowest BCUT2D eigenvalue weighted by molar-refractivity contribution is 0.340. The number of thiophene rings is 1. The molecule has 0 spiro atoms. The Morgan fingerprint density at radius 1 is 1.33 bits per heavy atom. The zero-order chi connectivity index (χ0) is 15.2. The summed E-state index contributed by atoms with van der Waals surface area (Å²) in [5.41, 5.74) is 1.18. The summed E-state index contributed by atoms with van der Waals surface area (Å²) in [5.74, 6) is 0.875. The molecule has 1 atom stereocenters. The molecule has 114 valence electrons. The van der Waals surface area contributed by atoms with E-state index in [0.29, 0.717) is 6.61 Å². The topological polar surface area (TPSA) is 21.3 Å². The Labute approximate surface area is 143 Å². The van der Waals surface area contributed by atoms with Crippen LogP contribution in [0.15, 0.2) is 34.1 Å². The molecule has 0 fully saturated rings. The van der Waals surface area contributed by atoms with Gasteiger partial charge >= 0.3 is 0 Å². The first kappa shape index (κ1) is 16.8. The summed E-state index contributed by atoms with van der Waals surface area (Å²) in [6.45, 7) is 5.75. The third-order valence-corrected chi connectivity index (χ3v) is 5.21. The maximum atomic E-state index is 6.33. The lowest BCUT2D eigenvalue weighted by atomic mass is 10.0. The van der Waals surface area contributed by atoms with Crippen molar-refractivity contribution in [1.82, 2.24) is 5.32 Å². The molecule has 2 rings (SSSR count). The van der Waals surface area contributed by atoms with Gasteiger partial charge in [0.05, 0.1) is 17.7 Å². The zero-order valence-corrected chi connectivity index (χ0v) is 15.3. The van der Waals surface area contributed by atoms with E-state index in [1.54, 1.807) is 11.3 Å². The summed E-state index contributed by atoms with van der Waals surface area (Å²) < 4.78 is 6.58. The fourth-order valence-corrected chi connectivity index (χ4v) is 3.99. The van der Waals surface area contributed by atoms with Crippen LogP contribution in [0.4, 0.5) is 0 Å². The number of ether oxygens (including phenoxy) is 1. The van der Waals surface area contributed by atoms with Gasteiger partial charge in [0.15, 0.2) is 0 Å². The van der Waals surface area contributed by atoms with E-state index in [2.05, 4.69) is 34.2 Å². The van der Waals surface area contributed by atoms with Gasteiger partial charge in [-0.1, -0.05) is 40.5 Å². The van der Waals surface area contributed by atoms with Gasteiger partial charge in [0.2, 0.25) is 0 Å². The molecule has 21 heavy (non-hydrogen) atoms. The fraction of sp³-hybridized carbons (Fsp3) is 0.375. The molecular weight excluding hydrogens is 370 g/mol. The first-order chi connectivity index (χ1) is 10.2. The fourth-order valence-electron chi connectivity index (χ4n) is 2.14. The highest BCUT2D eigenvalue weighted by Gasteiger charge is 2.20. The molecule has 0 saturated carbocycles. The van der Waals surface area contributed by atoms with Gasteiger partial charge in [-0.05, 0) is 49.0 Å². The molecule has 1 unspecified atom stereocenters. The van der Waals surface area contributed by atoms with Crippen LogP contribution in [0, 0.1) is 0 Å². The van der Waals surface area contributed by atoms with E-state index < -0.39 is 0 Å². The number of halogens is 2. The third-order valence-electron chi connectivity index (χ3n) is 3.10. The van der Waals surface area contributed by atoms with Crippen LogP contribution < -0.4 is 10.1 Å². The van der Waals surface area contributed by atoms with E-state index in [1.165, 1.54) is 5.56 Å². The molecule has 0 aliphatic rings. The van der Waals surface area contributed by atoms with Gasteiger partial charge < -0.3 is 10.1 Å². The number of hydrogen-bond donors (Lipinski definition) is 1. The predicted octanol–water partition coefficient (Wildman–Crippen LogP) is 5.65. The summed E-state index contributed by atoms with van der Waals surface area (Å²) >= 11 is 11.7. The van der Waals surface area contributed by atoms with E-state index in [9.17, 15) is 0 Å². The van der Waals surface area contributed by atoms with Gasteiger partial charge in [0.1, 0.15) is 5.75 Å². The summed E-state index contributed by atoms with van der Waals surface area (Å²) in [5, 5.41) is 6.42. The normalized spacial score (nSPS) is 12.4. The molecule has 1 N–H and O–H groups in total. The van der Waals surface area contributed by atoms with Crippen molar-refractivity contribution in [2.45, 2.75) is 26.3 Å². The minimum absolute atomic E-state index is 0.0995. The molecule has 5 heteroatoms. The van der Waals surface area contributed by atoms with E-state index in [1.807, 2.05) is 30.5 Å². The lowest BCUT2D eigenvalue weighted by Crippen LogP contribution is -2.23. The van der Waals surface area contributed by atoms with Crippen molar-refractivity contribution in [1.29, 1.82) is 0 Å². The second-order valence-corrected chi connectivity index (χ2v) is 6.85. The van der Waals surface area contributed by atoms with E-state index >= 15 is 0 Å². The molecule has 0 aliphatic heterocycles. The maximum Gasteiger partial charge on any atom is 0.120 e. The maximum absolute atomic E-state index is 6.33. The molecular formula is C16H19BrClNOS. The van der Waals surface area contributed by atoms with Crippen molar-refractivity contribution in [2.24, 2.45) is 0 Å². The Balaban J connectivity index is 2.35. The molecule has 2 aromatic rings. The SMILES string of the molecule is CCCNC(c1ccc(OCC)cc1Br)c1sccc1Cl. The largest absolute Gasteiger partial charge is 0.494 e. The monoisotopic (exact) mass is 387 g/mol. The Morgan fingerprint density at radius 3 is 2.71 bits per heavy atom. The molecule has 2 nitrogen and oxygen atoms in total. The lowest BCUT2D eigenvalue weighted by Gasteiger charge is -2.20. The number of benzene rings is 1. The molecule has 0 radical (unpaired) electrons. The smallest absolute Gasteiger partial charge is 0.120 e. The third kappa shape index (κ3) is 4.22. The highest BCUT2D eigenvalue weighted by atomic mass is 79.9. The molecule has 0 aliphatic carbocycles. The predicted molar refractivity (Wildman–Crippen MR) is 94.8 cm³/mol. The first-order valence-electron chi connectivity index (χ1n) is 7.05. The van der Waals surface area contributed by atoms with Crippen LogP contribution in [-0.2, 0) is 0 Å². The van der Waals surface area contributed by atoms with Crippen molar-refractivity contribution in [3.05, 3.63) is 49.6 Å². The van der Waals surface area contributed by atoms with Crippen LogP contribution in [0.3, 0.4) is 0 Å². The number of nitrogens with one attached hydrogen (secondary N) is 1. The van der Waals surface area contributed by atoms with Crippen LogP contribution in [0.5, 0.6) is 5.75 Å². The average Bonchev–Trinajstić information content (AvgIpc) is 2.88. The van der Waals surface area contributed by atoms with Gasteiger partial charge in [0, 0.05) is 9.35 Å². The average molecular weight is 389 g/mol. The summed E-state index contributed by atoms with van der Waals surface area (Å²) in [7, 11) is 0. The summed E-state index contributed by atoms with van der Waals surface area (Å²) in [6.07, 6.45) is 1.08. The van der Waals surface area contributed by atoms with Crippen LogP contribution in [-0.4, -0.2) is 13.2 Å². The summed E-state index contributed by atoms with van der Waals surface area (Å²) in [4.78, 5) is 1.15. The van der Waals surface area contributed by atoms with Gasteiger partial charge in [-0.15, -0.1) is 11.3 Å². The molecule has 0 bridgehead atoms. The Kier molecular flexibility index (Phi) is 6.55. The highest BCUT2D eigenvalue weighted by molar-refractivity contribution is 9.10. The zero-order valence-electron chi connectivity index (χ0n) is 12.2. The molecule has 1 heterocycles. The number of rotatable bonds is 7. The Bertz CT molecular complexity index is 587. The van der Waals surface area contributed by atoms with Gasteiger partial charge in [-0.25, -0.2) is 0 Å². The van der Waals surface area contributed by atoms with E-state index in [-0.39, 0.29) is 6.04 Å². The van der Waals surface area contributed by atoms with Crippen LogP contribution >= 0.6 is 38.9 Å². The van der Waals surface area contributed by atoms with Crippen molar-refractivity contribution in [3.8, 4) is 5.75 Å². The minimum Gasteiger partial charge on any atom is -0.494 e. The van der Waals surface area contributed by atoms with E-state index in [0.717, 1.165) is 33.1 Å². The quantitative estimate of drug-likeness (QED) is 0.661. The Morgan fingerprint density at radius 2 is 2.14 bits per heavy atom. The molecule has 0 saturated heterocycles. The number of hydrogen-bond acceptors (Lipinski definition) is 3. The first-order valence-corrected chi connectivity index (χ1v) is 9.11. The van der Waals surface area contributed by atoms with Crippen LogP contribution in [0.2, 0.25) is 5.02 Å². The highest BCUT2D eigenvalue weighted by Crippen LogP contribution is 2.37. The van der Waals surface area contributed by atoms with Gasteiger partial charge in [0.25, 0.3) is 0 Å². The molecule has 0 amide bonds. The standard InChI is InChI=1S/C16H19BrClNOS/c1-3-8-19-15(16-14(18)7-9-21-16)12-6-5-11(20-4-2)10-13(12)17/h5-7,9-10,15,19H,3-4,8H2,1-2H3. The van der Waals surface area contributed by atoms with Crippen LogP contribution in [0.25, 0.3) is 0 Å². The molecule has 1 aromatic carbocycles. The van der Waals surface area contributed by atoms with Crippen molar-refractivity contribution in [2.75, 3.05) is 13.2 Å². The van der Waals surface area contributed by atoms with Crippen molar-refractivity contribution < 1.29 is 4.74 Å². The minimum atomic E-state index is 0.0995. The van der Waals surface area contributed by atoms with Gasteiger partial charge in [-0.2, -0.15) is 0 Å². The summed E-state index contributed by atoms with van der Waals surface area (Å²) in [6, 6.07) is 8.16. The van der Waals surface area contributed by atoms with Crippen LogP contribution in [0.1, 0.15) is 36.8 Å². The van der Waals surface area contributed by atoms with Crippen molar-refractivity contribution >= 4 is 38.9 Å². The second kappa shape index (κ2) is 8.18. The van der Waals surface area contributed by atoms with Gasteiger partial charge in [-0.3, -0.25) is 0 Å². The van der Waals surface area contributed by atoms with E-state index in [4.69, 9.17) is 16.3 Å². The molecule has 1 aromatic heterocycles.